The quantitative estimate of drug-likeness (QED) is 0.801. The van der Waals surface area contributed by atoms with E-state index >= 15 is 0 Å². The molecule has 0 aromatic heterocycles. The molecule has 24 heavy (non-hydrogen) atoms. The van der Waals surface area contributed by atoms with Crippen molar-refractivity contribution >= 4 is 15.9 Å². The molecule has 0 aliphatic carbocycles. The first-order chi connectivity index (χ1) is 11.3. The largest absolute Gasteiger partial charge is 0.457 e. The van der Waals surface area contributed by atoms with Crippen molar-refractivity contribution in [2.45, 2.75) is 13.5 Å². The summed E-state index contributed by atoms with van der Waals surface area (Å²) in [4.78, 5) is 11.7. The van der Waals surface area contributed by atoms with Crippen LogP contribution < -0.4 is 14.8 Å². The van der Waals surface area contributed by atoms with Crippen LogP contribution in [0.25, 0.3) is 0 Å². The fourth-order valence-corrected chi connectivity index (χ4v) is 2.39. The lowest BCUT2D eigenvalue weighted by atomic mass is 10.2. The highest BCUT2D eigenvalue weighted by atomic mass is 32.2. The van der Waals surface area contributed by atoms with Gasteiger partial charge in [-0.15, -0.1) is 0 Å². The molecule has 2 aromatic rings. The van der Waals surface area contributed by atoms with Gasteiger partial charge < -0.3 is 10.1 Å². The molecule has 0 unspecified atom stereocenters. The molecule has 0 aliphatic rings. The Balaban J connectivity index is 2.01. The summed E-state index contributed by atoms with van der Waals surface area (Å²) in [6.45, 7) is 1.91. The fourth-order valence-electron chi connectivity index (χ4n) is 1.99. The monoisotopic (exact) mass is 348 g/mol. The van der Waals surface area contributed by atoms with E-state index in [1.54, 1.807) is 0 Å². The molecule has 0 atom stereocenters. The van der Waals surface area contributed by atoms with Crippen molar-refractivity contribution in [1.29, 1.82) is 0 Å². The van der Waals surface area contributed by atoms with E-state index < -0.39 is 15.9 Å². The van der Waals surface area contributed by atoms with E-state index in [4.69, 9.17) is 4.74 Å². The average Bonchev–Trinajstić information content (AvgIpc) is 2.53. The third-order valence-electron chi connectivity index (χ3n) is 3.26. The number of aryl methyl sites for hydroxylation is 1. The van der Waals surface area contributed by atoms with Gasteiger partial charge in [0, 0.05) is 12.1 Å². The maximum atomic E-state index is 11.7. The number of ether oxygens (including phenoxy) is 1. The Morgan fingerprint density at radius 1 is 1.04 bits per heavy atom. The van der Waals surface area contributed by atoms with E-state index in [9.17, 15) is 13.2 Å². The molecular formula is C17H20N2O4S. The van der Waals surface area contributed by atoms with Crippen LogP contribution in [0.1, 0.15) is 11.1 Å². The van der Waals surface area contributed by atoms with E-state index in [0.29, 0.717) is 5.75 Å². The number of hydrogen-bond donors (Lipinski definition) is 2. The lowest BCUT2D eigenvalue weighted by Gasteiger charge is -2.13. The van der Waals surface area contributed by atoms with Crippen LogP contribution in [-0.4, -0.2) is 27.1 Å². The summed E-state index contributed by atoms with van der Waals surface area (Å²) in [5.74, 6) is 0.976. The van der Waals surface area contributed by atoms with Gasteiger partial charge in [-0.25, -0.2) is 13.1 Å². The molecule has 2 N–H and O–H groups in total. The van der Waals surface area contributed by atoms with Gasteiger partial charge >= 0.3 is 0 Å². The smallest absolute Gasteiger partial charge is 0.235 e. The predicted molar refractivity (Wildman–Crippen MR) is 92.4 cm³/mol. The summed E-state index contributed by atoms with van der Waals surface area (Å²) < 4.78 is 30.0. The zero-order chi connectivity index (χ0) is 17.6. The number of rotatable bonds is 7. The molecule has 0 radical (unpaired) electrons. The molecule has 128 valence electrons. The summed E-state index contributed by atoms with van der Waals surface area (Å²) in [7, 11) is -3.39. The minimum Gasteiger partial charge on any atom is -0.457 e. The van der Waals surface area contributed by atoms with Gasteiger partial charge in [0.15, 0.2) is 0 Å². The Bertz CT molecular complexity index is 819. The molecule has 7 heteroatoms. The Morgan fingerprint density at radius 2 is 1.67 bits per heavy atom. The second-order valence-electron chi connectivity index (χ2n) is 5.35. The topological polar surface area (TPSA) is 84.5 Å². The molecule has 6 nitrogen and oxygen atoms in total. The summed E-state index contributed by atoms with van der Waals surface area (Å²) in [6, 6.07) is 15.0. The predicted octanol–water partition coefficient (Wildman–Crippen LogP) is 1.95. The highest BCUT2D eigenvalue weighted by Gasteiger charge is 2.09. The standard InChI is InChI=1S/C17H20N2O4S/c1-13-7-3-5-9-15(13)23-16-10-6-4-8-14(16)11-18-17(20)12-19-24(2,21)22/h3-10,19H,11-12H2,1-2H3,(H,18,20). The summed E-state index contributed by atoms with van der Waals surface area (Å²) >= 11 is 0. The molecule has 0 aliphatic heterocycles. The minimum atomic E-state index is -3.39. The van der Waals surface area contributed by atoms with E-state index in [-0.39, 0.29) is 13.1 Å². The SMILES string of the molecule is Cc1ccccc1Oc1ccccc1CNC(=O)CNS(C)(=O)=O. The van der Waals surface area contributed by atoms with Crippen LogP contribution in [0.2, 0.25) is 0 Å². The Hall–Kier alpha value is -2.38. The number of hydrogen-bond acceptors (Lipinski definition) is 4. The molecule has 0 heterocycles. The van der Waals surface area contributed by atoms with Gasteiger partial charge in [0.05, 0.1) is 12.8 Å². The maximum Gasteiger partial charge on any atom is 0.235 e. The number of carbonyl (C=O) groups excluding carboxylic acids is 1. The summed E-state index contributed by atoms with van der Waals surface area (Å²) in [5.41, 5.74) is 1.81. The number of nitrogens with one attached hydrogen (secondary N) is 2. The van der Waals surface area contributed by atoms with Crippen LogP contribution in [-0.2, 0) is 21.4 Å². The van der Waals surface area contributed by atoms with Gasteiger partial charge in [-0.1, -0.05) is 36.4 Å². The van der Waals surface area contributed by atoms with Crippen LogP contribution in [0.4, 0.5) is 0 Å². The first kappa shape index (κ1) is 18.0. The van der Waals surface area contributed by atoms with Crippen molar-refractivity contribution in [1.82, 2.24) is 10.0 Å². The van der Waals surface area contributed by atoms with E-state index in [1.807, 2.05) is 55.5 Å². The zero-order valence-corrected chi connectivity index (χ0v) is 14.4. The summed E-state index contributed by atoms with van der Waals surface area (Å²) in [5, 5.41) is 2.67. The Kier molecular flexibility index (Phi) is 5.94. The van der Waals surface area contributed by atoms with Crippen LogP contribution in [0.5, 0.6) is 11.5 Å². The molecular weight excluding hydrogens is 328 g/mol. The lowest BCUT2D eigenvalue weighted by molar-refractivity contribution is -0.120. The molecule has 0 saturated carbocycles. The molecule has 2 aromatic carbocycles. The van der Waals surface area contributed by atoms with Crippen LogP contribution in [0, 0.1) is 6.92 Å². The molecule has 1 amide bonds. The second-order valence-corrected chi connectivity index (χ2v) is 7.18. The molecule has 0 fully saturated rings. The van der Waals surface area contributed by atoms with E-state index in [0.717, 1.165) is 23.1 Å². The van der Waals surface area contributed by atoms with Crippen molar-refractivity contribution in [3.8, 4) is 11.5 Å². The summed E-state index contributed by atoms with van der Waals surface area (Å²) in [6.07, 6.45) is 1.01. The molecule has 0 spiro atoms. The molecule has 0 saturated heterocycles. The van der Waals surface area contributed by atoms with Crippen molar-refractivity contribution in [2.75, 3.05) is 12.8 Å². The lowest BCUT2D eigenvalue weighted by Crippen LogP contribution is -2.36. The minimum absolute atomic E-state index is 0.242. The normalized spacial score (nSPS) is 11.1. The average molecular weight is 348 g/mol. The van der Waals surface area contributed by atoms with Gasteiger partial charge in [-0.05, 0) is 24.6 Å². The van der Waals surface area contributed by atoms with Crippen molar-refractivity contribution in [3.63, 3.8) is 0 Å². The first-order valence-electron chi connectivity index (χ1n) is 7.38. The highest BCUT2D eigenvalue weighted by molar-refractivity contribution is 7.88. The van der Waals surface area contributed by atoms with Crippen LogP contribution in [0.15, 0.2) is 48.5 Å². The third-order valence-corrected chi connectivity index (χ3v) is 3.93. The number of para-hydroxylation sites is 2. The number of amides is 1. The zero-order valence-electron chi connectivity index (χ0n) is 13.6. The number of benzene rings is 2. The van der Waals surface area contributed by atoms with E-state index in [2.05, 4.69) is 10.0 Å². The van der Waals surface area contributed by atoms with E-state index in [1.165, 1.54) is 0 Å². The van der Waals surface area contributed by atoms with Gasteiger partial charge in [0.2, 0.25) is 15.9 Å². The van der Waals surface area contributed by atoms with Crippen molar-refractivity contribution < 1.29 is 17.9 Å². The second kappa shape index (κ2) is 7.94. The van der Waals surface area contributed by atoms with Crippen molar-refractivity contribution in [3.05, 3.63) is 59.7 Å². The first-order valence-corrected chi connectivity index (χ1v) is 9.27. The van der Waals surface area contributed by atoms with Gasteiger partial charge in [-0.3, -0.25) is 4.79 Å². The number of sulfonamides is 1. The van der Waals surface area contributed by atoms with Crippen LogP contribution in [0.3, 0.4) is 0 Å². The van der Waals surface area contributed by atoms with Gasteiger partial charge in [0.25, 0.3) is 0 Å². The third kappa shape index (κ3) is 5.68. The molecule has 0 bridgehead atoms. The van der Waals surface area contributed by atoms with Gasteiger partial charge in [0.1, 0.15) is 11.5 Å². The fraction of sp³-hybridized carbons (Fsp3) is 0.235. The Morgan fingerprint density at radius 3 is 2.33 bits per heavy atom. The molecule has 2 rings (SSSR count). The highest BCUT2D eigenvalue weighted by Crippen LogP contribution is 2.27. The van der Waals surface area contributed by atoms with Crippen molar-refractivity contribution in [2.24, 2.45) is 0 Å². The maximum absolute atomic E-state index is 11.7. The Labute approximate surface area is 141 Å². The van der Waals surface area contributed by atoms with Gasteiger partial charge in [-0.2, -0.15) is 0 Å². The number of carbonyl (C=O) groups is 1. The van der Waals surface area contributed by atoms with Crippen LogP contribution >= 0.6 is 0 Å².